The van der Waals surface area contributed by atoms with Gasteiger partial charge in [-0.1, -0.05) is 26.0 Å². The zero-order chi connectivity index (χ0) is 19.4. The van der Waals surface area contributed by atoms with Crippen LogP contribution in [-0.4, -0.2) is 59.1 Å². The van der Waals surface area contributed by atoms with Crippen LogP contribution in [0.25, 0.3) is 0 Å². The Kier molecular flexibility index (Phi) is 6.24. The van der Waals surface area contributed by atoms with Crippen LogP contribution in [0.15, 0.2) is 24.3 Å². The number of aromatic hydroxyl groups is 1. The average molecular weight is 373 g/mol. The van der Waals surface area contributed by atoms with Crippen LogP contribution in [0.1, 0.15) is 51.0 Å². The summed E-state index contributed by atoms with van der Waals surface area (Å²) in [6, 6.07) is 7.44. The zero-order valence-corrected chi connectivity index (χ0v) is 16.4. The van der Waals surface area contributed by atoms with Crippen molar-refractivity contribution in [1.29, 1.82) is 0 Å². The van der Waals surface area contributed by atoms with E-state index in [4.69, 9.17) is 0 Å². The highest BCUT2D eigenvalue weighted by Gasteiger charge is 2.29. The molecule has 2 saturated heterocycles. The van der Waals surface area contributed by atoms with Crippen LogP contribution >= 0.6 is 0 Å². The van der Waals surface area contributed by atoms with Gasteiger partial charge in [0.05, 0.1) is 0 Å². The molecule has 6 heteroatoms. The SMILES string of the molecule is CC(C)C(=O)N1CCC[C@@H](NC(=O)N2CCC(c3cccc(O)c3)CC2)C1. The van der Waals surface area contributed by atoms with Gasteiger partial charge in [0.15, 0.2) is 0 Å². The lowest BCUT2D eigenvalue weighted by molar-refractivity contribution is -0.135. The molecule has 2 N–H and O–H groups in total. The third-order valence-corrected chi connectivity index (χ3v) is 5.68. The molecule has 2 aliphatic rings. The van der Waals surface area contributed by atoms with E-state index in [1.165, 1.54) is 0 Å². The molecule has 0 bridgehead atoms. The third kappa shape index (κ3) is 4.93. The second-order valence-electron chi connectivity index (χ2n) is 8.08. The molecule has 27 heavy (non-hydrogen) atoms. The van der Waals surface area contributed by atoms with E-state index in [0.717, 1.165) is 37.8 Å². The van der Waals surface area contributed by atoms with Gasteiger partial charge in [-0.2, -0.15) is 0 Å². The minimum Gasteiger partial charge on any atom is -0.508 e. The highest BCUT2D eigenvalue weighted by Crippen LogP contribution is 2.29. The molecule has 2 aliphatic heterocycles. The number of piperidine rings is 2. The van der Waals surface area contributed by atoms with Crippen molar-refractivity contribution in [3.63, 3.8) is 0 Å². The Bertz CT molecular complexity index is 668. The molecule has 2 heterocycles. The van der Waals surface area contributed by atoms with Gasteiger partial charge in [0.2, 0.25) is 5.91 Å². The van der Waals surface area contributed by atoms with Crippen LogP contribution < -0.4 is 5.32 Å². The van der Waals surface area contributed by atoms with Gasteiger partial charge in [0.25, 0.3) is 0 Å². The summed E-state index contributed by atoms with van der Waals surface area (Å²) in [5.41, 5.74) is 1.14. The molecule has 0 radical (unpaired) electrons. The number of benzene rings is 1. The van der Waals surface area contributed by atoms with E-state index in [-0.39, 0.29) is 23.9 Å². The van der Waals surface area contributed by atoms with E-state index in [2.05, 4.69) is 5.32 Å². The monoisotopic (exact) mass is 373 g/mol. The van der Waals surface area contributed by atoms with E-state index >= 15 is 0 Å². The molecule has 0 saturated carbocycles. The summed E-state index contributed by atoms with van der Waals surface area (Å²) in [5.74, 6) is 0.845. The first-order valence-electron chi connectivity index (χ1n) is 10.1. The molecule has 0 aromatic heterocycles. The lowest BCUT2D eigenvalue weighted by Crippen LogP contribution is -2.54. The summed E-state index contributed by atoms with van der Waals surface area (Å²) in [4.78, 5) is 28.6. The number of phenols is 1. The highest BCUT2D eigenvalue weighted by molar-refractivity contribution is 5.78. The number of nitrogens with zero attached hydrogens (tertiary/aromatic N) is 2. The molecule has 2 fully saturated rings. The number of nitrogens with one attached hydrogen (secondary N) is 1. The number of rotatable bonds is 3. The lowest BCUT2D eigenvalue weighted by atomic mass is 9.89. The molecule has 6 nitrogen and oxygen atoms in total. The van der Waals surface area contributed by atoms with Crippen molar-refractivity contribution in [3.05, 3.63) is 29.8 Å². The van der Waals surface area contributed by atoms with E-state index in [1.54, 1.807) is 6.07 Å². The first-order valence-corrected chi connectivity index (χ1v) is 10.1. The predicted octanol–water partition coefficient (Wildman–Crippen LogP) is 2.93. The fraction of sp³-hybridized carbons (Fsp3) is 0.619. The number of carbonyl (C=O) groups is 2. The Morgan fingerprint density at radius 1 is 1.11 bits per heavy atom. The summed E-state index contributed by atoms with van der Waals surface area (Å²) in [6.45, 7) is 6.67. The van der Waals surface area contributed by atoms with Gasteiger partial charge < -0.3 is 20.2 Å². The highest BCUT2D eigenvalue weighted by atomic mass is 16.3. The summed E-state index contributed by atoms with van der Waals surface area (Å²) in [5, 5.41) is 12.8. The van der Waals surface area contributed by atoms with Gasteiger partial charge in [0.1, 0.15) is 5.75 Å². The van der Waals surface area contributed by atoms with Crippen LogP contribution in [0.4, 0.5) is 4.79 Å². The average Bonchev–Trinajstić information content (AvgIpc) is 2.67. The topological polar surface area (TPSA) is 72.9 Å². The second-order valence-corrected chi connectivity index (χ2v) is 8.08. The molecule has 3 amide bonds. The van der Waals surface area contributed by atoms with Crippen molar-refractivity contribution in [1.82, 2.24) is 15.1 Å². The standard InChI is InChI=1S/C21H31N3O3/c1-15(2)20(26)24-10-4-6-18(14-24)22-21(27)23-11-8-16(9-12-23)17-5-3-7-19(25)13-17/h3,5,7,13,15-16,18,25H,4,6,8-12,14H2,1-2H3,(H,22,27)/t18-/m1/s1. The number of hydrogen-bond acceptors (Lipinski definition) is 3. The molecule has 148 valence electrons. The number of phenolic OH excluding ortho intramolecular Hbond substituents is 1. The molecule has 0 unspecified atom stereocenters. The van der Waals surface area contributed by atoms with E-state index in [1.807, 2.05) is 41.8 Å². The fourth-order valence-electron chi connectivity index (χ4n) is 4.12. The number of carbonyl (C=O) groups excluding carboxylic acids is 2. The molecule has 0 spiro atoms. The van der Waals surface area contributed by atoms with Gasteiger partial charge in [-0.25, -0.2) is 4.79 Å². The molecule has 0 aliphatic carbocycles. The van der Waals surface area contributed by atoms with Crippen molar-refractivity contribution in [2.75, 3.05) is 26.2 Å². The molecule has 3 rings (SSSR count). The van der Waals surface area contributed by atoms with Crippen molar-refractivity contribution in [2.45, 2.75) is 51.5 Å². The maximum Gasteiger partial charge on any atom is 0.317 e. The van der Waals surface area contributed by atoms with Crippen LogP contribution in [0.3, 0.4) is 0 Å². The van der Waals surface area contributed by atoms with Crippen molar-refractivity contribution in [2.24, 2.45) is 5.92 Å². The minimum atomic E-state index is -0.0202. The first kappa shape index (κ1) is 19.5. The smallest absolute Gasteiger partial charge is 0.317 e. The van der Waals surface area contributed by atoms with Crippen LogP contribution in [0.5, 0.6) is 5.75 Å². The minimum absolute atomic E-state index is 0.00379. The Hall–Kier alpha value is -2.24. The Morgan fingerprint density at radius 2 is 1.85 bits per heavy atom. The summed E-state index contributed by atoms with van der Waals surface area (Å²) in [6.07, 6.45) is 3.66. The lowest BCUT2D eigenvalue weighted by Gasteiger charge is -2.37. The molecule has 1 atom stereocenters. The van der Waals surface area contributed by atoms with Crippen molar-refractivity contribution < 1.29 is 14.7 Å². The number of hydrogen-bond donors (Lipinski definition) is 2. The summed E-state index contributed by atoms with van der Waals surface area (Å²) >= 11 is 0. The van der Waals surface area contributed by atoms with Crippen LogP contribution in [0.2, 0.25) is 0 Å². The van der Waals surface area contributed by atoms with Crippen molar-refractivity contribution >= 4 is 11.9 Å². The van der Waals surface area contributed by atoms with Crippen LogP contribution in [-0.2, 0) is 4.79 Å². The largest absolute Gasteiger partial charge is 0.508 e. The van der Waals surface area contributed by atoms with Gasteiger partial charge >= 0.3 is 6.03 Å². The van der Waals surface area contributed by atoms with Gasteiger partial charge in [0, 0.05) is 38.1 Å². The van der Waals surface area contributed by atoms with E-state index in [0.29, 0.717) is 31.3 Å². The maximum atomic E-state index is 12.6. The van der Waals surface area contributed by atoms with Gasteiger partial charge in [-0.3, -0.25) is 4.79 Å². The number of amides is 3. The summed E-state index contributed by atoms with van der Waals surface area (Å²) in [7, 11) is 0. The van der Waals surface area contributed by atoms with Crippen LogP contribution in [0, 0.1) is 5.92 Å². The quantitative estimate of drug-likeness (QED) is 0.856. The normalized spacial score (nSPS) is 21.4. The fourth-order valence-corrected chi connectivity index (χ4v) is 4.12. The number of urea groups is 1. The van der Waals surface area contributed by atoms with Gasteiger partial charge in [-0.05, 0) is 49.3 Å². The zero-order valence-electron chi connectivity index (χ0n) is 16.4. The third-order valence-electron chi connectivity index (χ3n) is 5.68. The Labute approximate surface area is 161 Å². The Balaban J connectivity index is 1.49. The molecular weight excluding hydrogens is 342 g/mol. The second kappa shape index (κ2) is 8.63. The van der Waals surface area contributed by atoms with Gasteiger partial charge in [-0.15, -0.1) is 0 Å². The Morgan fingerprint density at radius 3 is 2.52 bits per heavy atom. The number of likely N-dealkylation sites (tertiary alicyclic amines) is 2. The maximum absolute atomic E-state index is 12.6. The molecule has 1 aromatic carbocycles. The predicted molar refractivity (Wildman–Crippen MR) is 105 cm³/mol. The van der Waals surface area contributed by atoms with Crippen molar-refractivity contribution in [3.8, 4) is 5.75 Å². The van der Waals surface area contributed by atoms with E-state index in [9.17, 15) is 14.7 Å². The molecule has 1 aromatic rings. The van der Waals surface area contributed by atoms with E-state index < -0.39 is 0 Å². The molecular formula is C21H31N3O3. The summed E-state index contributed by atoms with van der Waals surface area (Å²) < 4.78 is 0. The first-order chi connectivity index (χ1) is 12.9.